The van der Waals surface area contributed by atoms with E-state index in [9.17, 15) is 9.59 Å². The summed E-state index contributed by atoms with van der Waals surface area (Å²) in [7, 11) is 0. The molecular formula is C26H30N4O3. The molecule has 1 saturated carbocycles. The summed E-state index contributed by atoms with van der Waals surface area (Å²) in [5, 5.41) is 4.10. The van der Waals surface area contributed by atoms with Crippen LogP contribution < -0.4 is 5.73 Å². The van der Waals surface area contributed by atoms with E-state index < -0.39 is 5.54 Å². The van der Waals surface area contributed by atoms with Crippen molar-refractivity contribution in [2.45, 2.75) is 32.2 Å². The number of aromatic nitrogens is 1. The van der Waals surface area contributed by atoms with Gasteiger partial charge < -0.3 is 20.1 Å². The third-order valence-corrected chi connectivity index (χ3v) is 6.65. The predicted octanol–water partition coefficient (Wildman–Crippen LogP) is 3.65. The normalized spacial score (nSPS) is 17.2. The van der Waals surface area contributed by atoms with Crippen LogP contribution in [-0.4, -0.2) is 58.5 Å². The Bertz CT molecular complexity index is 1230. The van der Waals surface area contributed by atoms with Crippen molar-refractivity contribution >= 4 is 11.8 Å². The summed E-state index contributed by atoms with van der Waals surface area (Å²) >= 11 is 0. The summed E-state index contributed by atoms with van der Waals surface area (Å²) in [5.74, 6) is 0.805. The molecule has 1 aromatic heterocycles. The highest BCUT2D eigenvalue weighted by Gasteiger charge is 2.48. The minimum Gasteiger partial charge on any atom is -0.361 e. The van der Waals surface area contributed by atoms with E-state index in [1.165, 1.54) is 0 Å². The standard InChI is InChI=1S/C26H28N4O3.H2/c1-17-14-20(19-4-3-5-21(16-19)23-15-18(2)33-28-23)6-7-22(17)24(31)29-10-12-30(13-11-29)25(32)26(27)8-9-26;/h3-7,14-16H,8-13,27H2,1-2H3;1H. The number of carbonyl (C=O) groups is 2. The number of hydrogen-bond acceptors (Lipinski definition) is 5. The molecule has 2 amide bonds. The maximum Gasteiger partial charge on any atom is 0.254 e. The molecule has 1 aliphatic carbocycles. The lowest BCUT2D eigenvalue weighted by atomic mass is 9.97. The van der Waals surface area contributed by atoms with E-state index in [1.54, 1.807) is 4.90 Å². The monoisotopic (exact) mass is 446 g/mol. The summed E-state index contributed by atoms with van der Waals surface area (Å²) < 4.78 is 5.20. The van der Waals surface area contributed by atoms with E-state index in [4.69, 9.17) is 10.3 Å². The maximum atomic E-state index is 13.2. The first-order valence-electron chi connectivity index (χ1n) is 11.4. The van der Waals surface area contributed by atoms with Crippen molar-refractivity contribution in [2.24, 2.45) is 5.73 Å². The first-order valence-corrected chi connectivity index (χ1v) is 11.4. The number of nitrogens with two attached hydrogens (primary N) is 1. The molecule has 2 heterocycles. The fraction of sp³-hybridized carbons (Fsp3) is 0.346. The Morgan fingerprint density at radius 3 is 2.24 bits per heavy atom. The van der Waals surface area contributed by atoms with Crippen molar-refractivity contribution < 1.29 is 15.5 Å². The van der Waals surface area contributed by atoms with Crippen LogP contribution in [0.15, 0.2) is 53.1 Å². The van der Waals surface area contributed by atoms with E-state index in [0.29, 0.717) is 31.7 Å². The molecule has 2 fully saturated rings. The number of carbonyl (C=O) groups excluding carboxylic acids is 2. The van der Waals surface area contributed by atoms with Gasteiger partial charge in [0, 0.05) is 44.8 Å². The van der Waals surface area contributed by atoms with Crippen LogP contribution >= 0.6 is 0 Å². The van der Waals surface area contributed by atoms with Gasteiger partial charge in [-0.05, 0) is 55.5 Å². The summed E-state index contributed by atoms with van der Waals surface area (Å²) in [6.45, 7) is 5.97. The van der Waals surface area contributed by atoms with Gasteiger partial charge in [-0.2, -0.15) is 0 Å². The highest BCUT2D eigenvalue weighted by molar-refractivity contribution is 5.96. The van der Waals surface area contributed by atoms with Crippen molar-refractivity contribution in [2.75, 3.05) is 26.2 Å². The molecule has 2 N–H and O–H groups in total. The Balaban J connectivity index is 0.00000274. The van der Waals surface area contributed by atoms with Gasteiger partial charge in [-0.3, -0.25) is 9.59 Å². The van der Waals surface area contributed by atoms with Crippen LogP contribution in [-0.2, 0) is 4.79 Å². The molecule has 2 aliphatic rings. The summed E-state index contributed by atoms with van der Waals surface area (Å²) in [6, 6.07) is 16.0. The molecule has 0 bridgehead atoms. The molecule has 5 rings (SSSR count). The van der Waals surface area contributed by atoms with Crippen LogP contribution in [0.1, 0.15) is 35.9 Å². The van der Waals surface area contributed by atoms with E-state index in [-0.39, 0.29) is 13.2 Å². The van der Waals surface area contributed by atoms with Gasteiger partial charge in [0.05, 0.1) is 5.54 Å². The van der Waals surface area contributed by atoms with Crippen LogP contribution in [0.5, 0.6) is 0 Å². The van der Waals surface area contributed by atoms with Gasteiger partial charge in [0.15, 0.2) is 0 Å². The maximum absolute atomic E-state index is 13.2. The molecule has 3 aromatic rings. The number of benzene rings is 2. The minimum absolute atomic E-state index is 0. The molecular weight excluding hydrogens is 416 g/mol. The lowest BCUT2D eigenvalue weighted by molar-refractivity contribution is -0.135. The van der Waals surface area contributed by atoms with Gasteiger partial charge in [0.2, 0.25) is 5.91 Å². The average molecular weight is 447 g/mol. The van der Waals surface area contributed by atoms with E-state index in [2.05, 4.69) is 11.2 Å². The molecule has 0 radical (unpaired) electrons. The molecule has 7 nitrogen and oxygen atoms in total. The Morgan fingerprint density at radius 2 is 1.61 bits per heavy atom. The van der Waals surface area contributed by atoms with Gasteiger partial charge >= 0.3 is 0 Å². The zero-order chi connectivity index (χ0) is 23.2. The zero-order valence-corrected chi connectivity index (χ0v) is 19.0. The van der Waals surface area contributed by atoms with Crippen LogP contribution in [0, 0.1) is 13.8 Å². The number of rotatable bonds is 4. The fourth-order valence-electron chi connectivity index (χ4n) is 4.39. The Kier molecular flexibility index (Phi) is 5.29. The van der Waals surface area contributed by atoms with Gasteiger partial charge in [-0.15, -0.1) is 0 Å². The second-order valence-corrected chi connectivity index (χ2v) is 9.17. The summed E-state index contributed by atoms with van der Waals surface area (Å²) in [4.78, 5) is 29.3. The number of piperazine rings is 1. The van der Waals surface area contributed by atoms with Crippen molar-refractivity contribution in [3.8, 4) is 22.4 Å². The topological polar surface area (TPSA) is 92.7 Å². The number of aryl methyl sites for hydroxylation is 2. The smallest absolute Gasteiger partial charge is 0.254 e. The molecule has 0 unspecified atom stereocenters. The molecule has 2 aromatic carbocycles. The van der Waals surface area contributed by atoms with Crippen molar-refractivity contribution in [1.82, 2.24) is 15.0 Å². The van der Waals surface area contributed by atoms with E-state index in [1.807, 2.05) is 61.2 Å². The summed E-state index contributed by atoms with van der Waals surface area (Å²) in [5.41, 5.74) is 10.9. The van der Waals surface area contributed by atoms with Crippen molar-refractivity contribution in [3.63, 3.8) is 0 Å². The van der Waals surface area contributed by atoms with Crippen LogP contribution in [0.2, 0.25) is 0 Å². The van der Waals surface area contributed by atoms with Crippen molar-refractivity contribution in [1.29, 1.82) is 0 Å². The number of hydrogen-bond donors (Lipinski definition) is 1. The van der Waals surface area contributed by atoms with Gasteiger partial charge in [-0.1, -0.05) is 35.5 Å². The average Bonchev–Trinajstić information content (AvgIpc) is 3.44. The van der Waals surface area contributed by atoms with Crippen LogP contribution in [0.3, 0.4) is 0 Å². The molecule has 0 spiro atoms. The fourth-order valence-corrected chi connectivity index (χ4v) is 4.39. The highest BCUT2D eigenvalue weighted by atomic mass is 16.5. The lowest BCUT2D eigenvalue weighted by Gasteiger charge is -2.36. The van der Waals surface area contributed by atoms with Gasteiger partial charge in [-0.25, -0.2) is 0 Å². The second-order valence-electron chi connectivity index (χ2n) is 9.17. The molecule has 7 heteroatoms. The zero-order valence-electron chi connectivity index (χ0n) is 19.0. The Hall–Kier alpha value is -3.45. The predicted molar refractivity (Wildman–Crippen MR) is 128 cm³/mol. The first-order chi connectivity index (χ1) is 15.8. The van der Waals surface area contributed by atoms with E-state index >= 15 is 0 Å². The minimum atomic E-state index is -0.650. The van der Waals surface area contributed by atoms with Crippen molar-refractivity contribution in [3.05, 3.63) is 65.4 Å². The van der Waals surface area contributed by atoms with E-state index in [0.717, 1.165) is 46.5 Å². The SMILES string of the molecule is Cc1cc(-c2cccc(-c3ccc(C(=O)N4CCN(C(=O)C5(N)CC5)CC4)c(C)c3)c2)no1.[HH]. The molecule has 1 aliphatic heterocycles. The van der Waals surface area contributed by atoms with Gasteiger partial charge in [0.1, 0.15) is 11.5 Å². The first kappa shape index (κ1) is 21.4. The second kappa shape index (κ2) is 8.15. The third-order valence-electron chi connectivity index (χ3n) is 6.65. The Labute approximate surface area is 194 Å². The quantitative estimate of drug-likeness (QED) is 0.660. The van der Waals surface area contributed by atoms with Crippen LogP contribution in [0.4, 0.5) is 0 Å². The molecule has 0 atom stereocenters. The third kappa shape index (κ3) is 4.16. The lowest BCUT2D eigenvalue weighted by Crippen LogP contribution is -2.55. The number of nitrogens with zero attached hydrogens (tertiary/aromatic N) is 3. The van der Waals surface area contributed by atoms with Crippen LogP contribution in [0.25, 0.3) is 22.4 Å². The number of amides is 2. The molecule has 172 valence electrons. The summed E-state index contributed by atoms with van der Waals surface area (Å²) in [6.07, 6.45) is 1.52. The largest absolute Gasteiger partial charge is 0.361 e. The Morgan fingerprint density at radius 1 is 0.939 bits per heavy atom. The highest BCUT2D eigenvalue weighted by Crippen LogP contribution is 2.34. The molecule has 33 heavy (non-hydrogen) atoms. The molecule has 1 saturated heterocycles. The van der Waals surface area contributed by atoms with Gasteiger partial charge in [0.25, 0.3) is 5.91 Å².